The molecule has 1 aliphatic heterocycles. The Kier molecular flexibility index (Phi) is 3.91. The summed E-state index contributed by atoms with van der Waals surface area (Å²) >= 11 is 1.91. The molecule has 4 nitrogen and oxygen atoms in total. The molecule has 120 valence electrons. The van der Waals surface area contributed by atoms with E-state index < -0.39 is 0 Å². The molecule has 1 saturated heterocycles. The van der Waals surface area contributed by atoms with Gasteiger partial charge in [0, 0.05) is 41.5 Å². The maximum atomic E-state index is 4.89. The van der Waals surface area contributed by atoms with Crippen LogP contribution in [0.4, 0.5) is 0 Å². The average Bonchev–Trinajstić information content (AvgIpc) is 3.25. The standard InChI is InChI=1S/C18H22N4S/c1-3-22-17(20-16-5-4-9-19-18(16)22)14-8-10-21(11-14)12-15-7-6-13(2)23-15/h4-7,9,14H,3,8,10-12H2,1-2H3. The molecule has 3 aromatic heterocycles. The molecule has 23 heavy (non-hydrogen) atoms. The van der Waals surface area contributed by atoms with E-state index in [1.165, 1.54) is 22.0 Å². The number of thiophene rings is 1. The quantitative estimate of drug-likeness (QED) is 0.731. The molecule has 0 aromatic carbocycles. The van der Waals surface area contributed by atoms with E-state index in [0.717, 1.165) is 37.3 Å². The maximum Gasteiger partial charge on any atom is 0.159 e. The van der Waals surface area contributed by atoms with Crippen molar-refractivity contribution in [1.29, 1.82) is 0 Å². The molecule has 1 aliphatic rings. The smallest absolute Gasteiger partial charge is 0.159 e. The summed E-state index contributed by atoms with van der Waals surface area (Å²) < 4.78 is 2.29. The van der Waals surface area contributed by atoms with Crippen molar-refractivity contribution >= 4 is 22.5 Å². The highest BCUT2D eigenvalue weighted by Gasteiger charge is 2.28. The molecule has 5 heteroatoms. The van der Waals surface area contributed by atoms with E-state index in [2.05, 4.69) is 46.5 Å². The molecule has 0 radical (unpaired) electrons. The van der Waals surface area contributed by atoms with Gasteiger partial charge in [-0.3, -0.25) is 4.90 Å². The number of aryl methyl sites for hydroxylation is 2. The second-order valence-corrected chi connectivity index (χ2v) is 7.67. The molecule has 0 amide bonds. The zero-order valence-corrected chi connectivity index (χ0v) is 14.5. The highest BCUT2D eigenvalue weighted by atomic mass is 32.1. The SMILES string of the molecule is CCn1c(C2CCN(Cc3ccc(C)s3)C2)nc2cccnc21. The van der Waals surface area contributed by atoms with Crippen molar-refractivity contribution in [2.24, 2.45) is 0 Å². The van der Waals surface area contributed by atoms with Crippen LogP contribution < -0.4 is 0 Å². The fourth-order valence-corrected chi connectivity index (χ4v) is 4.51. The Labute approximate surface area is 140 Å². The summed E-state index contributed by atoms with van der Waals surface area (Å²) in [4.78, 5) is 14.8. The summed E-state index contributed by atoms with van der Waals surface area (Å²) in [5, 5.41) is 0. The first kappa shape index (κ1) is 14.8. The predicted octanol–water partition coefficient (Wildman–Crippen LogP) is 3.81. The van der Waals surface area contributed by atoms with Crippen LogP contribution >= 0.6 is 11.3 Å². The Balaban J connectivity index is 1.55. The van der Waals surface area contributed by atoms with Crippen LogP contribution in [-0.4, -0.2) is 32.5 Å². The zero-order valence-electron chi connectivity index (χ0n) is 13.7. The molecule has 1 atom stereocenters. The lowest BCUT2D eigenvalue weighted by molar-refractivity contribution is 0.328. The Morgan fingerprint density at radius 1 is 1.30 bits per heavy atom. The second-order valence-electron chi connectivity index (χ2n) is 6.29. The summed E-state index contributed by atoms with van der Waals surface area (Å²) in [7, 11) is 0. The van der Waals surface area contributed by atoms with Crippen LogP contribution in [0.3, 0.4) is 0 Å². The van der Waals surface area contributed by atoms with Gasteiger partial charge >= 0.3 is 0 Å². The van der Waals surface area contributed by atoms with Crippen LogP contribution in [0.2, 0.25) is 0 Å². The lowest BCUT2D eigenvalue weighted by Crippen LogP contribution is -2.20. The fourth-order valence-electron chi connectivity index (χ4n) is 3.58. The summed E-state index contributed by atoms with van der Waals surface area (Å²) in [6, 6.07) is 8.52. The van der Waals surface area contributed by atoms with Crippen LogP contribution in [0.1, 0.15) is 34.8 Å². The maximum absolute atomic E-state index is 4.89. The summed E-state index contributed by atoms with van der Waals surface area (Å²) in [6.07, 6.45) is 3.05. The number of rotatable bonds is 4. The minimum atomic E-state index is 0.519. The van der Waals surface area contributed by atoms with Gasteiger partial charge in [0.25, 0.3) is 0 Å². The molecule has 1 unspecified atom stereocenters. The Morgan fingerprint density at radius 2 is 2.22 bits per heavy atom. The van der Waals surface area contributed by atoms with Gasteiger partial charge in [0.2, 0.25) is 0 Å². The van der Waals surface area contributed by atoms with Gasteiger partial charge in [0.05, 0.1) is 0 Å². The summed E-state index contributed by atoms with van der Waals surface area (Å²) in [5.41, 5.74) is 2.05. The lowest BCUT2D eigenvalue weighted by Gasteiger charge is -2.15. The van der Waals surface area contributed by atoms with Crippen LogP contribution in [0.15, 0.2) is 30.5 Å². The number of imidazole rings is 1. The van der Waals surface area contributed by atoms with Crippen LogP contribution in [0.5, 0.6) is 0 Å². The number of likely N-dealkylation sites (tertiary alicyclic amines) is 1. The van der Waals surface area contributed by atoms with Gasteiger partial charge in [-0.2, -0.15) is 0 Å². The molecule has 0 bridgehead atoms. The van der Waals surface area contributed by atoms with Crippen molar-refractivity contribution in [3.63, 3.8) is 0 Å². The normalized spacial score (nSPS) is 19.0. The first-order valence-corrected chi connectivity index (χ1v) is 9.15. The van der Waals surface area contributed by atoms with E-state index in [1.807, 2.05) is 23.6 Å². The number of hydrogen-bond donors (Lipinski definition) is 0. The first-order chi connectivity index (χ1) is 11.2. The van der Waals surface area contributed by atoms with Crippen molar-refractivity contribution in [2.75, 3.05) is 13.1 Å². The number of fused-ring (bicyclic) bond motifs is 1. The van der Waals surface area contributed by atoms with Crippen molar-refractivity contribution in [2.45, 2.75) is 39.3 Å². The molecule has 3 aromatic rings. The molecule has 0 N–H and O–H groups in total. The van der Waals surface area contributed by atoms with Gasteiger partial charge in [-0.25, -0.2) is 9.97 Å². The number of hydrogen-bond acceptors (Lipinski definition) is 4. The third-order valence-electron chi connectivity index (χ3n) is 4.66. The van der Waals surface area contributed by atoms with E-state index in [-0.39, 0.29) is 0 Å². The molecular weight excluding hydrogens is 304 g/mol. The molecule has 4 rings (SSSR count). The number of aromatic nitrogens is 3. The molecule has 1 fully saturated rings. The Bertz CT molecular complexity index is 819. The number of nitrogens with zero attached hydrogens (tertiary/aromatic N) is 4. The minimum absolute atomic E-state index is 0.519. The average molecular weight is 326 g/mol. The van der Waals surface area contributed by atoms with Crippen LogP contribution in [0.25, 0.3) is 11.2 Å². The third-order valence-corrected chi connectivity index (χ3v) is 5.65. The van der Waals surface area contributed by atoms with Gasteiger partial charge in [0.15, 0.2) is 5.65 Å². The van der Waals surface area contributed by atoms with E-state index in [1.54, 1.807) is 0 Å². The highest BCUT2D eigenvalue weighted by Crippen LogP contribution is 2.30. The van der Waals surface area contributed by atoms with Gasteiger partial charge < -0.3 is 4.57 Å². The Morgan fingerprint density at radius 3 is 3.00 bits per heavy atom. The monoisotopic (exact) mass is 326 g/mol. The highest BCUT2D eigenvalue weighted by molar-refractivity contribution is 7.11. The molecule has 0 spiro atoms. The molecular formula is C18H22N4S. The summed E-state index contributed by atoms with van der Waals surface area (Å²) in [6.45, 7) is 8.61. The van der Waals surface area contributed by atoms with Crippen molar-refractivity contribution in [3.05, 3.63) is 46.0 Å². The van der Waals surface area contributed by atoms with E-state index in [0.29, 0.717) is 5.92 Å². The van der Waals surface area contributed by atoms with E-state index >= 15 is 0 Å². The van der Waals surface area contributed by atoms with Crippen molar-refractivity contribution in [1.82, 2.24) is 19.4 Å². The van der Waals surface area contributed by atoms with E-state index in [9.17, 15) is 0 Å². The van der Waals surface area contributed by atoms with Gasteiger partial charge in [-0.05, 0) is 51.1 Å². The Hall–Kier alpha value is -1.72. The largest absolute Gasteiger partial charge is 0.313 e. The van der Waals surface area contributed by atoms with Crippen LogP contribution in [0, 0.1) is 6.92 Å². The van der Waals surface area contributed by atoms with Gasteiger partial charge in [0.1, 0.15) is 11.3 Å². The molecule has 0 aliphatic carbocycles. The van der Waals surface area contributed by atoms with Crippen molar-refractivity contribution < 1.29 is 0 Å². The van der Waals surface area contributed by atoms with Gasteiger partial charge in [-0.15, -0.1) is 11.3 Å². The second kappa shape index (κ2) is 6.06. The third kappa shape index (κ3) is 2.79. The number of pyridine rings is 1. The van der Waals surface area contributed by atoms with E-state index in [4.69, 9.17) is 4.98 Å². The minimum Gasteiger partial charge on any atom is -0.313 e. The molecule has 4 heterocycles. The lowest BCUT2D eigenvalue weighted by atomic mass is 10.1. The van der Waals surface area contributed by atoms with Gasteiger partial charge in [-0.1, -0.05) is 0 Å². The van der Waals surface area contributed by atoms with Crippen molar-refractivity contribution in [3.8, 4) is 0 Å². The topological polar surface area (TPSA) is 34.0 Å². The molecule has 0 saturated carbocycles. The summed E-state index contributed by atoms with van der Waals surface area (Å²) in [5.74, 6) is 1.73. The first-order valence-electron chi connectivity index (χ1n) is 8.33. The van der Waals surface area contributed by atoms with Crippen LogP contribution in [-0.2, 0) is 13.1 Å². The zero-order chi connectivity index (χ0) is 15.8. The predicted molar refractivity (Wildman–Crippen MR) is 94.9 cm³/mol. The fraction of sp³-hybridized carbons (Fsp3) is 0.444.